The third-order valence-corrected chi connectivity index (χ3v) is 9.45. The zero-order valence-electron chi connectivity index (χ0n) is 31.8. The lowest BCUT2D eigenvalue weighted by Crippen LogP contribution is -2.12. The Balaban J connectivity index is 1.85. The van der Waals surface area contributed by atoms with Crippen LogP contribution >= 0.6 is 0 Å². The third kappa shape index (κ3) is 9.68. The van der Waals surface area contributed by atoms with Crippen LogP contribution in [0.5, 0.6) is 17.2 Å². The fourth-order valence-corrected chi connectivity index (χ4v) is 7.18. The number of phenols is 3. The highest BCUT2D eigenvalue weighted by molar-refractivity contribution is 5.56. The minimum absolute atomic E-state index is 0.0675. The van der Waals surface area contributed by atoms with E-state index in [4.69, 9.17) is 0 Å². The van der Waals surface area contributed by atoms with Crippen molar-refractivity contribution in [2.45, 2.75) is 122 Å². The second kappa shape index (κ2) is 14.0. The Labute approximate surface area is 291 Å². The van der Waals surface area contributed by atoms with Gasteiger partial charge in [-0.2, -0.15) is 0 Å². The summed E-state index contributed by atoms with van der Waals surface area (Å²) in [5, 5.41) is 32.1. The molecule has 0 spiro atoms. The molecule has 0 saturated heterocycles. The van der Waals surface area contributed by atoms with Gasteiger partial charge >= 0.3 is 0 Å². The number of benzene rings is 4. The van der Waals surface area contributed by atoms with Crippen molar-refractivity contribution >= 4 is 0 Å². The van der Waals surface area contributed by atoms with E-state index in [0.29, 0.717) is 17.2 Å². The Bertz CT molecular complexity index is 1540. The molecule has 3 heteroatoms. The molecule has 0 heterocycles. The summed E-state index contributed by atoms with van der Waals surface area (Å²) in [6.45, 7) is 26.7. The maximum absolute atomic E-state index is 10.7. The molecule has 4 rings (SSSR count). The van der Waals surface area contributed by atoms with Crippen molar-refractivity contribution in [1.29, 1.82) is 0 Å². The summed E-state index contributed by atoms with van der Waals surface area (Å²) in [7, 11) is 0. The van der Waals surface area contributed by atoms with Gasteiger partial charge in [-0.25, -0.2) is 0 Å². The smallest absolute Gasteiger partial charge is 0.118 e. The van der Waals surface area contributed by atoms with Crippen LogP contribution in [0, 0.1) is 37.0 Å². The number of rotatable bonds is 9. The molecule has 0 aromatic heterocycles. The van der Waals surface area contributed by atoms with Crippen LogP contribution in [0.3, 0.4) is 0 Å². The van der Waals surface area contributed by atoms with E-state index in [0.717, 1.165) is 55.2 Å². The summed E-state index contributed by atoms with van der Waals surface area (Å²) in [5.74, 6) is 1.09. The van der Waals surface area contributed by atoms with Gasteiger partial charge in [0.15, 0.2) is 0 Å². The molecule has 0 bridgehead atoms. The van der Waals surface area contributed by atoms with Crippen LogP contribution in [-0.4, -0.2) is 15.3 Å². The summed E-state index contributed by atoms with van der Waals surface area (Å²) < 4.78 is 0. The fourth-order valence-electron chi connectivity index (χ4n) is 7.18. The lowest BCUT2D eigenvalue weighted by molar-refractivity contribution is 0.394. The molecule has 0 unspecified atom stereocenters. The van der Waals surface area contributed by atoms with Crippen LogP contribution < -0.4 is 0 Å². The van der Waals surface area contributed by atoms with Gasteiger partial charge in [0.1, 0.15) is 17.2 Å². The number of aromatic hydroxyl groups is 3. The highest BCUT2D eigenvalue weighted by Gasteiger charge is 2.22. The van der Waals surface area contributed by atoms with Gasteiger partial charge in [0.25, 0.3) is 0 Å². The second-order valence-corrected chi connectivity index (χ2v) is 17.9. The molecule has 0 aliphatic rings. The zero-order chi connectivity index (χ0) is 35.8. The van der Waals surface area contributed by atoms with Crippen molar-refractivity contribution in [3.63, 3.8) is 0 Å². The van der Waals surface area contributed by atoms with Crippen LogP contribution in [0.2, 0.25) is 0 Å². The zero-order valence-corrected chi connectivity index (χ0v) is 31.8. The van der Waals surface area contributed by atoms with Crippen LogP contribution in [0.1, 0.15) is 129 Å². The Kier molecular flexibility index (Phi) is 10.8. The quantitative estimate of drug-likeness (QED) is 0.169. The summed E-state index contributed by atoms with van der Waals surface area (Å²) in [6, 6.07) is 18.3. The van der Waals surface area contributed by atoms with E-state index in [1.807, 2.05) is 18.2 Å². The van der Waals surface area contributed by atoms with Crippen LogP contribution in [0.4, 0.5) is 0 Å². The van der Waals surface area contributed by atoms with E-state index in [2.05, 4.69) is 119 Å². The first-order valence-electron chi connectivity index (χ1n) is 17.6. The number of hydrogen-bond acceptors (Lipinski definition) is 3. The number of hydrogen-bond donors (Lipinski definition) is 3. The molecule has 0 amide bonds. The van der Waals surface area contributed by atoms with E-state index >= 15 is 0 Å². The number of phenolic OH excluding ortho intramolecular Hbond substituents is 3. The molecule has 48 heavy (non-hydrogen) atoms. The Morgan fingerprint density at radius 3 is 0.833 bits per heavy atom. The normalized spacial score (nSPS) is 12.5. The first kappa shape index (κ1) is 37.1. The molecule has 3 nitrogen and oxygen atoms in total. The van der Waals surface area contributed by atoms with Gasteiger partial charge in [-0.3, -0.25) is 0 Å². The van der Waals surface area contributed by atoms with E-state index < -0.39 is 0 Å². The van der Waals surface area contributed by atoms with E-state index in [1.54, 1.807) is 0 Å². The van der Waals surface area contributed by atoms with E-state index in [-0.39, 0.29) is 16.2 Å². The molecular weight excluding hydrogens is 588 g/mol. The maximum atomic E-state index is 10.7. The average Bonchev–Trinajstić information content (AvgIpc) is 2.94. The van der Waals surface area contributed by atoms with Crippen molar-refractivity contribution in [2.24, 2.45) is 16.2 Å². The minimum atomic E-state index is 0.0675. The molecule has 0 radical (unpaired) electrons. The van der Waals surface area contributed by atoms with Crippen LogP contribution in [0.15, 0.2) is 54.6 Å². The van der Waals surface area contributed by atoms with Gasteiger partial charge in [-0.1, -0.05) is 98.7 Å². The van der Waals surface area contributed by atoms with Gasteiger partial charge < -0.3 is 15.3 Å². The van der Waals surface area contributed by atoms with Gasteiger partial charge in [0.05, 0.1) is 0 Å². The van der Waals surface area contributed by atoms with E-state index in [1.165, 1.54) is 50.1 Å². The summed E-state index contributed by atoms with van der Waals surface area (Å²) in [4.78, 5) is 0. The Morgan fingerprint density at radius 1 is 0.396 bits per heavy atom. The lowest BCUT2D eigenvalue weighted by Gasteiger charge is -2.25. The third-order valence-electron chi connectivity index (χ3n) is 9.45. The van der Waals surface area contributed by atoms with Crippen LogP contribution in [-0.2, 0) is 38.5 Å². The SMILES string of the molecule is Cc1c(Cc2ccc(O)c(CC(C)(C)C)c2)c(C)c(Cc2ccc(O)c(CC(C)(C)C)c2)c(C)c1Cc1ccc(O)c(CC(C)(C)C)c1. The predicted molar refractivity (Wildman–Crippen MR) is 203 cm³/mol. The molecule has 258 valence electrons. The predicted octanol–water partition coefficient (Wildman–Crippen LogP) is 11.3. The largest absolute Gasteiger partial charge is 0.508 e. The Hall–Kier alpha value is -3.72. The van der Waals surface area contributed by atoms with Crippen molar-refractivity contribution < 1.29 is 15.3 Å². The van der Waals surface area contributed by atoms with Gasteiger partial charge in [0.2, 0.25) is 0 Å². The highest BCUT2D eigenvalue weighted by Crippen LogP contribution is 2.36. The second-order valence-electron chi connectivity index (χ2n) is 17.9. The molecule has 0 saturated carbocycles. The molecule has 4 aromatic carbocycles. The Morgan fingerprint density at radius 2 is 0.625 bits per heavy atom. The molecule has 4 aromatic rings. The van der Waals surface area contributed by atoms with Gasteiger partial charge in [-0.15, -0.1) is 0 Å². The van der Waals surface area contributed by atoms with Crippen LogP contribution in [0.25, 0.3) is 0 Å². The standard InChI is InChI=1S/C45H60O3/c1-28-37(22-31-13-16-40(46)34(19-31)25-43(4,5)6)29(2)39(24-33-15-18-42(48)36(21-33)27-45(10,11)12)30(3)38(28)23-32-14-17-41(47)35(20-32)26-44(7,8)9/h13-21,46-48H,22-27H2,1-12H3. The molecule has 0 fully saturated rings. The van der Waals surface area contributed by atoms with Crippen molar-refractivity contribution in [3.8, 4) is 17.2 Å². The monoisotopic (exact) mass is 648 g/mol. The molecular formula is C45H60O3. The van der Waals surface area contributed by atoms with Crippen molar-refractivity contribution in [1.82, 2.24) is 0 Å². The summed E-state index contributed by atoms with van der Waals surface area (Å²) in [5.41, 5.74) is 14.7. The molecule has 0 atom stereocenters. The topological polar surface area (TPSA) is 60.7 Å². The fraction of sp³-hybridized carbons (Fsp3) is 0.467. The van der Waals surface area contributed by atoms with Gasteiger partial charge in [-0.05, 0) is 161 Å². The van der Waals surface area contributed by atoms with Crippen molar-refractivity contribution in [2.75, 3.05) is 0 Å². The molecule has 0 aliphatic heterocycles. The average molecular weight is 649 g/mol. The summed E-state index contributed by atoms with van der Waals surface area (Å²) >= 11 is 0. The summed E-state index contributed by atoms with van der Waals surface area (Å²) in [6.07, 6.45) is 4.78. The first-order chi connectivity index (χ1) is 22.1. The van der Waals surface area contributed by atoms with Crippen molar-refractivity contribution in [3.05, 3.63) is 121 Å². The van der Waals surface area contributed by atoms with E-state index in [9.17, 15) is 15.3 Å². The maximum Gasteiger partial charge on any atom is 0.118 e. The van der Waals surface area contributed by atoms with Gasteiger partial charge in [0, 0.05) is 0 Å². The minimum Gasteiger partial charge on any atom is -0.508 e. The molecule has 0 aliphatic carbocycles. The first-order valence-corrected chi connectivity index (χ1v) is 17.6. The highest BCUT2D eigenvalue weighted by atomic mass is 16.3. The lowest BCUT2D eigenvalue weighted by atomic mass is 9.80. The molecule has 3 N–H and O–H groups in total.